The van der Waals surface area contributed by atoms with E-state index in [-0.39, 0.29) is 11.8 Å². The van der Waals surface area contributed by atoms with Gasteiger partial charge in [-0.1, -0.05) is 19.3 Å². The summed E-state index contributed by atoms with van der Waals surface area (Å²) in [5, 5.41) is 9.93. The quantitative estimate of drug-likeness (QED) is 0.874. The van der Waals surface area contributed by atoms with E-state index < -0.39 is 0 Å². The van der Waals surface area contributed by atoms with Crippen molar-refractivity contribution in [1.29, 1.82) is 0 Å². The van der Waals surface area contributed by atoms with Crippen LogP contribution in [-0.4, -0.2) is 11.7 Å². The van der Waals surface area contributed by atoms with Crippen LogP contribution in [0.4, 0.5) is 0 Å². The van der Waals surface area contributed by atoms with E-state index in [9.17, 15) is 5.11 Å². The maximum atomic E-state index is 9.93. The fourth-order valence-corrected chi connectivity index (χ4v) is 3.28. The highest BCUT2D eigenvalue weighted by Gasteiger charge is 2.23. The first kappa shape index (κ1) is 14.7. The van der Waals surface area contributed by atoms with Gasteiger partial charge in [0.25, 0.3) is 0 Å². The molecule has 1 saturated carbocycles. The summed E-state index contributed by atoms with van der Waals surface area (Å²) in [4.78, 5) is 0. The molecule has 0 aliphatic heterocycles. The summed E-state index contributed by atoms with van der Waals surface area (Å²) in [5.74, 6) is 1.21. The van der Waals surface area contributed by atoms with Crippen LogP contribution in [0.15, 0.2) is 16.6 Å². The zero-order valence-electron chi connectivity index (χ0n) is 11.4. The zero-order valence-corrected chi connectivity index (χ0v) is 12.9. The Kier molecular flexibility index (Phi) is 5.11. The lowest BCUT2D eigenvalue weighted by molar-refractivity contribution is 0.302. The first-order valence-electron chi connectivity index (χ1n) is 7.04. The molecule has 3 nitrogen and oxygen atoms in total. The van der Waals surface area contributed by atoms with Gasteiger partial charge in [-0.2, -0.15) is 0 Å². The SMILES string of the molecule is CCOc1cc([C@@H](N)C2CCCCC2)cc(Br)c1O. The number of phenols is 1. The van der Waals surface area contributed by atoms with Crippen molar-refractivity contribution in [3.05, 3.63) is 22.2 Å². The summed E-state index contributed by atoms with van der Waals surface area (Å²) < 4.78 is 6.11. The van der Waals surface area contributed by atoms with Crippen molar-refractivity contribution in [2.24, 2.45) is 11.7 Å². The van der Waals surface area contributed by atoms with Gasteiger partial charge in [-0.3, -0.25) is 0 Å². The second-order valence-corrected chi connectivity index (χ2v) is 6.06. The first-order chi connectivity index (χ1) is 9.13. The molecule has 1 aromatic carbocycles. The molecule has 2 rings (SSSR count). The summed E-state index contributed by atoms with van der Waals surface area (Å²) in [6.45, 7) is 2.43. The number of rotatable bonds is 4. The summed E-state index contributed by atoms with van der Waals surface area (Å²) in [6.07, 6.45) is 6.27. The highest BCUT2D eigenvalue weighted by molar-refractivity contribution is 9.10. The molecule has 106 valence electrons. The first-order valence-corrected chi connectivity index (χ1v) is 7.83. The molecule has 0 amide bonds. The maximum Gasteiger partial charge on any atom is 0.172 e. The lowest BCUT2D eigenvalue weighted by atomic mass is 9.81. The minimum atomic E-state index is 0.0245. The van der Waals surface area contributed by atoms with E-state index in [0.717, 1.165) is 5.56 Å². The van der Waals surface area contributed by atoms with Crippen LogP contribution in [0.2, 0.25) is 0 Å². The maximum absolute atomic E-state index is 9.93. The summed E-state index contributed by atoms with van der Waals surface area (Å²) >= 11 is 3.37. The predicted molar refractivity (Wildman–Crippen MR) is 80.5 cm³/mol. The third-order valence-corrected chi connectivity index (χ3v) is 4.50. The van der Waals surface area contributed by atoms with Crippen LogP contribution in [0.5, 0.6) is 11.5 Å². The van der Waals surface area contributed by atoms with E-state index in [4.69, 9.17) is 10.5 Å². The van der Waals surface area contributed by atoms with Gasteiger partial charge in [-0.25, -0.2) is 0 Å². The van der Waals surface area contributed by atoms with Crippen molar-refractivity contribution in [2.45, 2.75) is 45.1 Å². The largest absolute Gasteiger partial charge is 0.503 e. The fourth-order valence-electron chi connectivity index (χ4n) is 2.82. The molecule has 0 aromatic heterocycles. The van der Waals surface area contributed by atoms with Gasteiger partial charge >= 0.3 is 0 Å². The van der Waals surface area contributed by atoms with Gasteiger partial charge in [0.15, 0.2) is 11.5 Å². The van der Waals surface area contributed by atoms with Gasteiger partial charge in [0.2, 0.25) is 0 Å². The summed E-state index contributed by atoms with van der Waals surface area (Å²) in [7, 11) is 0. The standard InChI is InChI=1S/C15H22BrNO2/c1-2-19-13-9-11(8-12(16)15(13)18)14(17)10-6-4-3-5-7-10/h8-10,14,18H,2-7,17H2,1H3/t14-/m0/s1. The molecular formula is C15H22BrNO2. The molecule has 1 aliphatic rings. The smallest absolute Gasteiger partial charge is 0.172 e. The molecule has 1 aromatic rings. The number of hydrogen-bond acceptors (Lipinski definition) is 3. The van der Waals surface area contributed by atoms with Crippen molar-refractivity contribution >= 4 is 15.9 Å². The third kappa shape index (κ3) is 3.42. The molecule has 0 bridgehead atoms. The molecule has 1 fully saturated rings. The Bertz CT molecular complexity index is 430. The minimum Gasteiger partial charge on any atom is -0.503 e. The number of benzene rings is 1. The highest BCUT2D eigenvalue weighted by Crippen LogP contribution is 2.40. The molecule has 0 radical (unpaired) electrons. The molecule has 1 aliphatic carbocycles. The zero-order chi connectivity index (χ0) is 13.8. The number of hydrogen-bond donors (Lipinski definition) is 2. The Morgan fingerprint density at radius 3 is 2.68 bits per heavy atom. The van der Waals surface area contributed by atoms with Crippen LogP contribution in [-0.2, 0) is 0 Å². The van der Waals surface area contributed by atoms with E-state index in [1.807, 2.05) is 19.1 Å². The van der Waals surface area contributed by atoms with Crippen LogP contribution in [0.3, 0.4) is 0 Å². The van der Waals surface area contributed by atoms with Crippen LogP contribution in [0.1, 0.15) is 50.6 Å². The van der Waals surface area contributed by atoms with Gasteiger partial charge in [0.1, 0.15) is 0 Å². The average molecular weight is 328 g/mol. The number of nitrogens with two attached hydrogens (primary N) is 1. The van der Waals surface area contributed by atoms with Crippen molar-refractivity contribution < 1.29 is 9.84 Å². The van der Waals surface area contributed by atoms with Crippen molar-refractivity contribution in [3.8, 4) is 11.5 Å². The topological polar surface area (TPSA) is 55.5 Å². The second-order valence-electron chi connectivity index (χ2n) is 5.21. The summed E-state index contributed by atoms with van der Waals surface area (Å²) in [5.41, 5.74) is 7.44. The van der Waals surface area contributed by atoms with Gasteiger partial charge in [-0.05, 0) is 59.3 Å². The Morgan fingerprint density at radius 1 is 1.37 bits per heavy atom. The number of ether oxygens (including phenoxy) is 1. The van der Waals surface area contributed by atoms with E-state index in [0.29, 0.717) is 22.7 Å². The lowest BCUT2D eigenvalue weighted by Gasteiger charge is -2.28. The Balaban J connectivity index is 2.23. The highest BCUT2D eigenvalue weighted by atomic mass is 79.9. The molecule has 19 heavy (non-hydrogen) atoms. The van der Waals surface area contributed by atoms with E-state index in [1.54, 1.807) is 0 Å². The van der Waals surface area contributed by atoms with E-state index in [1.165, 1.54) is 32.1 Å². The predicted octanol–water partition coefficient (Wildman–Crippen LogP) is 4.13. The second kappa shape index (κ2) is 6.62. The van der Waals surface area contributed by atoms with Gasteiger partial charge < -0.3 is 15.6 Å². The molecule has 0 spiro atoms. The average Bonchev–Trinajstić information content (AvgIpc) is 2.44. The van der Waals surface area contributed by atoms with Crippen molar-refractivity contribution in [2.75, 3.05) is 6.61 Å². The third-order valence-electron chi connectivity index (χ3n) is 3.89. The Morgan fingerprint density at radius 2 is 2.05 bits per heavy atom. The van der Waals surface area contributed by atoms with Gasteiger partial charge in [0, 0.05) is 6.04 Å². The van der Waals surface area contributed by atoms with Crippen molar-refractivity contribution in [3.63, 3.8) is 0 Å². The molecule has 0 heterocycles. The molecule has 1 atom stereocenters. The monoisotopic (exact) mass is 327 g/mol. The molecule has 3 N–H and O–H groups in total. The van der Waals surface area contributed by atoms with Gasteiger partial charge in [-0.15, -0.1) is 0 Å². The number of halogens is 1. The van der Waals surface area contributed by atoms with Crippen LogP contribution >= 0.6 is 15.9 Å². The van der Waals surface area contributed by atoms with Crippen LogP contribution < -0.4 is 10.5 Å². The lowest BCUT2D eigenvalue weighted by Crippen LogP contribution is -2.23. The van der Waals surface area contributed by atoms with E-state index >= 15 is 0 Å². The molecule has 4 heteroatoms. The number of aromatic hydroxyl groups is 1. The summed E-state index contributed by atoms with van der Waals surface area (Å²) in [6, 6.07) is 3.82. The molecular weight excluding hydrogens is 306 g/mol. The Hall–Kier alpha value is -0.740. The normalized spacial score (nSPS) is 18.3. The Labute approximate surface area is 123 Å². The fraction of sp³-hybridized carbons (Fsp3) is 0.600. The van der Waals surface area contributed by atoms with Gasteiger partial charge in [0.05, 0.1) is 11.1 Å². The molecule has 0 saturated heterocycles. The van der Waals surface area contributed by atoms with E-state index in [2.05, 4.69) is 15.9 Å². The minimum absolute atomic E-state index is 0.0245. The number of phenolic OH excluding ortho intramolecular Hbond substituents is 1. The van der Waals surface area contributed by atoms with Crippen LogP contribution in [0.25, 0.3) is 0 Å². The van der Waals surface area contributed by atoms with Crippen molar-refractivity contribution in [1.82, 2.24) is 0 Å². The van der Waals surface area contributed by atoms with Crippen LogP contribution in [0, 0.1) is 5.92 Å². The molecule has 0 unspecified atom stereocenters.